The molecule has 0 heterocycles. The highest BCUT2D eigenvalue weighted by Gasteiger charge is 2.70. The van der Waals surface area contributed by atoms with Crippen LogP contribution in [-0.4, -0.2) is 32.8 Å². The van der Waals surface area contributed by atoms with E-state index in [-0.39, 0.29) is 0 Å². The number of hydrogen-bond donors (Lipinski definition) is 0. The van der Waals surface area contributed by atoms with Gasteiger partial charge in [0.25, 0.3) is 0 Å². The smallest absolute Gasteiger partial charge is 0.427 e. The van der Waals surface area contributed by atoms with Crippen LogP contribution < -0.4 is 4.74 Å². The predicted molar refractivity (Wildman–Crippen MR) is 86.3 cm³/mol. The van der Waals surface area contributed by atoms with Crippen LogP contribution in [0.2, 0.25) is 0 Å². The second-order valence-electron chi connectivity index (χ2n) is 6.35. The minimum absolute atomic E-state index is 0.475. The third-order valence-electron chi connectivity index (χ3n) is 2.77. The number of alkyl halides is 2. The van der Waals surface area contributed by atoms with Crippen LogP contribution in [0.1, 0.15) is 41.5 Å². The Hall–Kier alpha value is -1.23. The molecule has 0 spiro atoms. The highest BCUT2D eigenvalue weighted by Crippen LogP contribution is 2.37. The summed E-state index contributed by atoms with van der Waals surface area (Å²) in [6, 6.07) is 1.03. The summed E-state index contributed by atoms with van der Waals surface area (Å²) >= 11 is 0. The number of benzene rings is 1. The molecule has 0 N–H and O–H groups in total. The van der Waals surface area contributed by atoms with Gasteiger partial charge in [0, 0.05) is 18.3 Å². The van der Waals surface area contributed by atoms with E-state index in [0.717, 1.165) is 0 Å². The highest BCUT2D eigenvalue weighted by atomic mass is 28.4. The molecule has 1 aromatic rings. The van der Waals surface area contributed by atoms with Gasteiger partial charge in [-0.25, -0.2) is 8.78 Å². The summed E-state index contributed by atoms with van der Waals surface area (Å²) < 4.78 is 90.5. The second kappa shape index (κ2) is 8.64. The summed E-state index contributed by atoms with van der Waals surface area (Å²) in [7, 11) is -4.89. The third-order valence-corrected chi connectivity index (χ3v) is 5.93. The summed E-state index contributed by atoms with van der Waals surface area (Å²) in [5.41, 5.74) is -4.27. The van der Waals surface area contributed by atoms with Gasteiger partial charge in [-0.3, -0.25) is 0 Å². The molecule has 4 nitrogen and oxygen atoms in total. The first-order chi connectivity index (χ1) is 11.8. The van der Waals surface area contributed by atoms with E-state index >= 15 is 8.78 Å². The Bertz CT molecular complexity index is 584. The largest absolute Gasteiger partial charge is 0.628 e. The lowest BCUT2D eigenvalue weighted by Crippen LogP contribution is -2.66. The van der Waals surface area contributed by atoms with E-state index in [1.54, 1.807) is 0 Å². The molecular formula is C16H23F5O4Si. The van der Waals surface area contributed by atoms with Crippen LogP contribution in [0.25, 0.3) is 0 Å². The Morgan fingerprint density at radius 1 is 0.769 bits per heavy atom. The molecule has 0 amide bonds. The molecule has 10 heteroatoms. The Morgan fingerprint density at radius 3 is 1.58 bits per heavy atom. The lowest BCUT2D eigenvalue weighted by atomic mass is 10.3. The van der Waals surface area contributed by atoms with Crippen molar-refractivity contribution >= 4 is 8.80 Å². The maximum Gasteiger partial charge on any atom is 0.628 e. The van der Waals surface area contributed by atoms with Crippen molar-refractivity contribution < 1.29 is 40.0 Å². The first-order valence-corrected chi connectivity index (χ1v) is 9.77. The maximum absolute atomic E-state index is 15.0. The van der Waals surface area contributed by atoms with Gasteiger partial charge in [0.2, 0.25) is 5.82 Å². The molecule has 0 aliphatic heterocycles. The summed E-state index contributed by atoms with van der Waals surface area (Å²) in [5, 5.41) is 0. The fourth-order valence-electron chi connectivity index (χ4n) is 2.01. The van der Waals surface area contributed by atoms with Crippen LogP contribution in [0.15, 0.2) is 12.1 Å². The topological polar surface area (TPSA) is 36.9 Å². The van der Waals surface area contributed by atoms with Gasteiger partial charge in [-0.15, -0.1) is 0 Å². The van der Waals surface area contributed by atoms with Gasteiger partial charge in [0.05, 0.1) is 0 Å². The number of ether oxygens (including phenoxy) is 1. The average molecular weight is 402 g/mol. The standard InChI is InChI=1S/C16H23F5O4Si/c1-9(2)23-26(24-10(3)4,25-11(5)6)16(20,21)22-13-8-7-12(17)14(18)15(13)19/h7-11H,1-6H3. The van der Waals surface area contributed by atoms with Crippen molar-refractivity contribution in [2.75, 3.05) is 0 Å². The van der Waals surface area contributed by atoms with E-state index in [0.29, 0.717) is 12.1 Å². The molecule has 0 saturated carbocycles. The highest BCUT2D eigenvalue weighted by molar-refractivity contribution is 6.63. The van der Waals surface area contributed by atoms with Gasteiger partial charge >= 0.3 is 14.5 Å². The Kier molecular flexibility index (Phi) is 7.58. The SMILES string of the molecule is CC(C)O[Si](OC(C)C)(OC(C)C)C(F)(F)Oc1ccc(F)c(F)c1F. The molecule has 150 valence electrons. The van der Waals surface area contributed by atoms with Gasteiger partial charge in [0.15, 0.2) is 17.4 Å². The molecule has 0 aliphatic rings. The number of halogens is 5. The molecule has 1 aromatic carbocycles. The monoisotopic (exact) mass is 402 g/mol. The summed E-state index contributed by atoms with van der Waals surface area (Å²) in [6.07, 6.45) is -2.20. The van der Waals surface area contributed by atoms with Gasteiger partial charge < -0.3 is 18.0 Å². The third kappa shape index (κ3) is 5.38. The molecule has 0 radical (unpaired) electrons. The molecule has 26 heavy (non-hydrogen) atoms. The van der Waals surface area contributed by atoms with Gasteiger partial charge in [-0.05, 0) is 53.7 Å². The summed E-state index contributed by atoms with van der Waals surface area (Å²) in [6.45, 7) is 8.94. The molecule has 0 saturated heterocycles. The van der Waals surface area contributed by atoms with E-state index in [9.17, 15) is 13.2 Å². The molecule has 0 aromatic heterocycles. The maximum atomic E-state index is 15.0. The lowest BCUT2D eigenvalue weighted by molar-refractivity contribution is -0.184. The van der Waals surface area contributed by atoms with Crippen LogP contribution in [0, 0.1) is 17.5 Å². The normalized spacial score (nSPS) is 13.2. The first kappa shape index (κ1) is 22.8. The van der Waals surface area contributed by atoms with Crippen LogP contribution in [-0.2, 0) is 13.3 Å². The van der Waals surface area contributed by atoms with E-state index in [1.165, 1.54) is 41.5 Å². The lowest BCUT2D eigenvalue weighted by Gasteiger charge is -2.38. The average Bonchev–Trinajstić information content (AvgIpc) is 2.45. The van der Waals surface area contributed by atoms with E-state index in [4.69, 9.17) is 13.3 Å². The predicted octanol–water partition coefficient (Wildman–Crippen LogP) is 4.83. The van der Waals surface area contributed by atoms with Crippen molar-refractivity contribution in [3.8, 4) is 5.75 Å². The van der Waals surface area contributed by atoms with E-state index in [1.807, 2.05) is 0 Å². The minimum Gasteiger partial charge on any atom is -0.427 e. The number of hydrogen-bond acceptors (Lipinski definition) is 4. The van der Waals surface area contributed by atoms with Gasteiger partial charge in [0.1, 0.15) is 0 Å². The Balaban J connectivity index is 3.38. The second-order valence-corrected chi connectivity index (χ2v) is 8.75. The molecule has 0 atom stereocenters. The van der Waals surface area contributed by atoms with Crippen LogP contribution in [0.3, 0.4) is 0 Å². The van der Waals surface area contributed by atoms with Crippen molar-refractivity contribution in [2.45, 2.75) is 65.6 Å². The van der Waals surface area contributed by atoms with Gasteiger partial charge in [-0.2, -0.15) is 13.2 Å². The van der Waals surface area contributed by atoms with Gasteiger partial charge in [-0.1, -0.05) is 0 Å². The fourth-order valence-corrected chi connectivity index (χ4v) is 4.68. The van der Waals surface area contributed by atoms with Crippen molar-refractivity contribution in [1.82, 2.24) is 0 Å². The molecule has 0 aliphatic carbocycles. The Morgan fingerprint density at radius 2 is 1.19 bits per heavy atom. The van der Waals surface area contributed by atoms with E-state index in [2.05, 4.69) is 4.74 Å². The number of rotatable bonds is 9. The van der Waals surface area contributed by atoms with Crippen molar-refractivity contribution in [2.24, 2.45) is 0 Å². The summed E-state index contributed by atoms with van der Waals surface area (Å²) in [4.78, 5) is 0. The van der Waals surface area contributed by atoms with Crippen molar-refractivity contribution in [3.05, 3.63) is 29.6 Å². The van der Waals surface area contributed by atoms with Crippen molar-refractivity contribution in [1.29, 1.82) is 0 Å². The zero-order chi connectivity index (χ0) is 20.3. The summed E-state index contributed by atoms with van der Waals surface area (Å²) in [5.74, 6) is -6.52. The Labute approximate surface area is 150 Å². The van der Waals surface area contributed by atoms with Crippen LogP contribution in [0.4, 0.5) is 22.0 Å². The molecule has 0 bridgehead atoms. The zero-order valence-electron chi connectivity index (χ0n) is 15.4. The fraction of sp³-hybridized carbons (Fsp3) is 0.625. The molecule has 0 unspecified atom stereocenters. The molecule has 0 fully saturated rings. The van der Waals surface area contributed by atoms with Crippen LogP contribution >= 0.6 is 0 Å². The van der Waals surface area contributed by atoms with Crippen LogP contribution in [0.5, 0.6) is 5.75 Å². The first-order valence-electron chi connectivity index (χ1n) is 8.05. The quantitative estimate of drug-likeness (QED) is 0.337. The minimum atomic E-state index is -4.89. The molecular weight excluding hydrogens is 379 g/mol. The van der Waals surface area contributed by atoms with Crippen molar-refractivity contribution in [3.63, 3.8) is 0 Å². The zero-order valence-corrected chi connectivity index (χ0v) is 16.4. The molecule has 1 rings (SSSR count). The van der Waals surface area contributed by atoms with E-state index < -0.39 is 56.0 Å².